The number of ketones is 1. The third-order valence-electron chi connectivity index (χ3n) is 3.48. The first-order valence-electron chi connectivity index (χ1n) is 6.34. The van der Waals surface area contributed by atoms with Crippen molar-refractivity contribution in [2.24, 2.45) is 0 Å². The van der Waals surface area contributed by atoms with Gasteiger partial charge in [-0.2, -0.15) is 0 Å². The summed E-state index contributed by atoms with van der Waals surface area (Å²) in [5, 5.41) is 12.0. The normalized spacial score (nSPS) is 23.5. The molecule has 2 aromatic carbocycles. The van der Waals surface area contributed by atoms with Crippen molar-refractivity contribution in [1.29, 1.82) is 0 Å². The standard InChI is InChI=1S/C15H9Cl2NO4/c16-10-7-5-9(6-8-10)14-15(17,18(20)21)13(19)11-3-1-2-4-12(11)22-14/h1-8,14H. The zero-order valence-corrected chi connectivity index (χ0v) is 12.5. The van der Waals surface area contributed by atoms with Gasteiger partial charge in [0, 0.05) is 10.6 Å². The van der Waals surface area contributed by atoms with E-state index in [2.05, 4.69) is 0 Å². The van der Waals surface area contributed by atoms with Gasteiger partial charge >= 0.3 is 5.00 Å². The Hall–Kier alpha value is -2.11. The molecule has 2 unspecified atom stereocenters. The first-order chi connectivity index (χ1) is 10.4. The predicted octanol–water partition coefficient (Wildman–Crippen LogP) is 3.87. The highest BCUT2D eigenvalue weighted by Gasteiger charge is 2.62. The lowest BCUT2D eigenvalue weighted by Gasteiger charge is -2.32. The number of nitrogens with zero attached hydrogens (tertiary/aromatic N) is 1. The van der Waals surface area contributed by atoms with Crippen LogP contribution in [0.4, 0.5) is 0 Å². The lowest BCUT2D eigenvalue weighted by atomic mass is 9.91. The van der Waals surface area contributed by atoms with Gasteiger partial charge in [-0.3, -0.25) is 14.9 Å². The van der Waals surface area contributed by atoms with Gasteiger partial charge in [-0.1, -0.05) is 35.9 Å². The summed E-state index contributed by atoms with van der Waals surface area (Å²) in [5.74, 6) is -0.522. The van der Waals surface area contributed by atoms with Crippen molar-refractivity contribution in [1.82, 2.24) is 0 Å². The van der Waals surface area contributed by atoms with Crippen LogP contribution in [0.25, 0.3) is 0 Å². The Kier molecular flexibility index (Phi) is 3.54. The highest BCUT2D eigenvalue weighted by Crippen LogP contribution is 2.45. The number of halogens is 2. The van der Waals surface area contributed by atoms with Gasteiger partial charge in [-0.25, -0.2) is 0 Å². The summed E-state index contributed by atoms with van der Waals surface area (Å²) in [5.41, 5.74) is 0.498. The van der Waals surface area contributed by atoms with Crippen LogP contribution in [-0.2, 0) is 0 Å². The van der Waals surface area contributed by atoms with Gasteiger partial charge in [0.15, 0.2) is 0 Å². The average Bonchev–Trinajstić information content (AvgIpc) is 2.51. The molecule has 0 saturated heterocycles. The van der Waals surface area contributed by atoms with E-state index in [4.69, 9.17) is 27.9 Å². The lowest BCUT2D eigenvalue weighted by Crippen LogP contribution is -2.51. The molecule has 7 heteroatoms. The number of benzene rings is 2. The van der Waals surface area contributed by atoms with Crippen LogP contribution < -0.4 is 4.74 Å². The van der Waals surface area contributed by atoms with Crippen LogP contribution >= 0.6 is 23.2 Å². The molecule has 0 bridgehead atoms. The summed E-state index contributed by atoms with van der Waals surface area (Å²) in [7, 11) is 0. The van der Waals surface area contributed by atoms with Crippen molar-refractivity contribution in [3.05, 3.63) is 74.8 Å². The maximum Gasteiger partial charge on any atom is 0.397 e. The highest BCUT2D eigenvalue weighted by atomic mass is 35.5. The number of hydrogen-bond donors (Lipinski definition) is 0. The monoisotopic (exact) mass is 337 g/mol. The summed E-state index contributed by atoms with van der Waals surface area (Å²) in [6, 6.07) is 12.5. The number of rotatable bonds is 2. The van der Waals surface area contributed by atoms with Crippen LogP contribution in [0, 0.1) is 10.1 Å². The largest absolute Gasteiger partial charge is 0.475 e. The molecule has 5 nitrogen and oxygen atoms in total. The second-order valence-corrected chi connectivity index (χ2v) is 5.82. The second-order valence-electron chi connectivity index (χ2n) is 4.81. The molecule has 0 amide bonds. The topological polar surface area (TPSA) is 69.4 Å². The molecule has 2 atom stereocenters. The molecule has 0 N–H and O–H groups in total. The third-order valence-corrected chi connectivity index (χ3v) is 4.24. The highest BCUT2D eigenvalue weighted by molar-refractivity contribution is 6.37. The van der Waals surface area contributed by atoms with Gasteiger partial charge in [-0.05, 0) is 35.9 Å². The van der Waals surface area contributed by atoms with E-state index < -0.39 is 21.8 Å². The Morgan fingerprint density at radius 3 is 2.41 bits per heavy atom. The first kappa shape index (κ1) is 14.8. The van der Waals surface area contributed by atoms with Crippen LogP contribution in [0.3, 0.4) is 0 Å². The van der Waals surface area contributed by atoms with Gasteiger partial charge in [0.05, 0.1) is 10.5 Å². The van der Waals surface area contributed by atoms with Crippen molar-refractivity contribution in [2.75, 3.05) is 0 Å². The van der Waals surface area contributed by atoms with E-state index in [1.165, 1.54) is 6.07 Å². The number of para-hydroxylation sites is 1. The van der Waals surface area contributed by atoms with Gasteiger partial charge in [0.2, 0.25) is 6.10 Å². The van der Waals surface area contributed by atoms with Crippen molar-refractivity contribution < 1.29 is 14.5 Å². The maximum absolute atomic E-state index is 12.6. The summed E-state index contributed by atoms with van der Waals surface area (Å²) in [6.07, 6.45) is -1.25. The van der Waals surface area contributed by atoms with E-state index in [0.29, 0.717) is 10.6 Å². The van der Waals surface area contributed by atoms with Crippen molar-refractivity contribution in [3.63, 3.8) is 0 Å². The molecule has 1 aliphatic heterocycles. The van der Waals surface area contributed by atoms with E-state index in [1.54, 1.807) is 42.5 Å². The number of carbonyl (C=O) groups is 1. The van der Waals surface area contributed by atoms with Crippen molar-refractivity contribution >= 4 is 29.0 Å². The zero-order chi connectivity index (χ0) is 15.9. The minimum absolute atomic E-state index is 0.0967. The Bertz CT molecular complexity index is 762. The summed E-state index contributed by atoms with van der Waals surface area (Å²) in [6.45, 7) is 0. The predicted molar refractivity (Wildman–Crippen MR) is 81.2 cm³/mol. The van der Waals surface area contributed by atoms with Gasteiger partial charge in [0.1, 0.15) is 5.75 Å². The number of Topliss-reactive ketones (excluding diaryl/α,β-unsaturated/α-hetero) is 1. The molecular formula is C15H9Cl2NO4. The molecule has 3 rings (SSSR count). The van der Waals surface area contributed by atoms with Crippen molar-refractivity contribution in [3.8, 4) is 5.75 Å². The van der Waals surface area contributed by atoms with E-state index in [-0.39, 0.29) is 11.3 Å². The maximum atomic E-state index is 12.6. The van der Waals surface area contributed by atoms with Gasteiger partial charge < -0.3 is 4.74 Å². The molecule has 1 aliphatic rings. The number of alkyl halides is 1. The summed E-state index contributed by atoms with van der Waals surface area (Å²) < 4.78 is 5.67. The smallest absolute Gasteiger partial charge is 0.397 e. The summed E-state index contributed by atoms with van der Waals surface area (Å²) in [4.78, 5) is 20.8. The minimum atomic E-state index is -2.41. The van der Waals surface area contributed by atoms with E-state index in [1.807, 2.05) is 0 Å². The molecular weight excluding hydrogens is 329 g/mol. The quantitative estimate of drug-likeness (QED) is 0.361. The van der Waals surface area contributed by atoms with Crippen LogP contribution in [0.15, 0.2) is 48.5 Å². The van der Waals surface area contributed by atoms with Crippen molar-refractivity contribution in [2.45, 2.75) is 11.1 Å². The Morgan fingerprint density at radius 2 is 1.77 bits per heavy atom. The molecule has 0 fully saturated rings. The molecule has 112 valence electrons. The zero-order valence-electron chi connectivity index (χ0n) is 11.0. The number of carbonyl (C=O) groups excluding carboxylic acids is 1. The summed E-state index contributed by atoms with van der Waals surface area (Å²) >= 11 is 11.9. The Morgan fingerprint density at radius 1 is 1.14 bits per heavy atom. The fourth-order valence-electron chi connectivity index (χ4n) is 2.38. The lowest BCUT2D eigenvalue weighted by molar-refractivity contribution is -0.536. The molecule has 0 aromatic heterocycles. The fourth-order valence-corrected chi connectivity index (χ4v) is 2.77. The van der Waals surface area contributed by atoms with Crippen LogP contribution in [-0.4, -0.2) is 15.7 Å². The third kappa shape index (κ3) is 2.14. The number of nitro groups is 1. The number of ether oxygens (including phenoxy) is 1. The molecule has 2 aromatic rings. The number of hydrogen-bond acceptors (Lipinski definition) is 4. The van der Waals surface area contributed by atoms with E-state index >= 15 is 0 Å². The van der Waals surface area contributed by atoms with E-state index in [0.717, 1.165) is 0 Å². The fraction of sp³-hybridized carbons (Fsp3) is 0.133. The Labute approximate surface area is 135 Å². The minimum Gasteiger partial charge on any atom is -0.475 e. The number of fused-ring (bicyclic) bond motifs is 1. The molecule has 0 radical (unpaired) electrons. The Balaban J connectivity index is 2.18. The van der Waals surface area contributed by atoms with Crippen LogP contribution in [0.2, 0.25) is 5.02 Å². The molecule has 0 saturated carbocycles. The molecule has 1 heterocycles. The van der Waals surface area contributed by atoms with Gasteiger partial charge in [0.25, 0.3) is 5.78 Å². The first-order valence-corrected chi connectivity index (χ1v) is 7.09. The van der Waals surface area contributed by atoms with E-state index in [9.17, 15) is 14.9 Å². The SMILES string of the molecule is O=C1c2ccccc2OC(c2ccc(Cl)cc2)C1(Cl)[N+](=O)[O-]. The van der Waals surface area contributed by atoms with Gasteiger partial charge in [-0.15, -0.1) is 0 Å². The average molecular weight is 338 g/mol. The molecule has 22 heavy (non-hydrogen) atoms. The van der Waals surface area contributed by atoms with Crippen LogP contribution in [0.1, 0.15) is 22.0 Å². The molecule has 0 spiro atoms. The molecule has 0 aliphatic carbocycles. The second kappa shape index (κ2) is 5.26. The van der Waals surface area contributed by atoms with Crippen LogP contribution in [0.5, 0.6) is 5.75 Å².